The van der Waals surface area contributed by atoms with Crippen LogP contribution < -0.4 is 10.6 Å². The molecule has 0 aromatic heterocycles. The number of hydrogen-bond acceptors (Lipinski definition) is 4. The lowest BCUT2D eigenvalue weighted by Crippen LogP contribution is -2.23. The number of aliphatic hydroxyl groups excluding tert-OH is 1. The van der Waals surface area contributed by atoms with Gasteiger partial charge in [-0.3, -0.25) is 0 Å². The Labute approximate surface area is 107 Å². The largest absolute Gasteiger partial charge is 0.394 e. The molecule has 0 spiro atoms. The predicted octanol–water partition coefficient (Wildman–Crippen LogP) is 0.766. The van der Waals surface area contributed by atoms with Crippen LogP contribution in [0.2, 0.25) is 0 Å². The highest BCUT2D eigenvalue weighted by Gasteiger charge is 2.01. The van der Waals surface area contributed by atoms with Crippen molar-refractivity contribution in [1.82, 2.24) is 0 Å². The highest BCUT2D eigenvalue weighted by molar-refractivity contribution is 7.80. The molecule has 0 amide bonds. The van der Waals surface area contributed by atoms with Gasteiger partial charge in [0.15, 0.2) is 0 Å². The highest BCUT2D eigenvalue weighted by Crippen LogP contribution is 2.13. The highest BCUT2D eigenvalue weighted by atomic mass is 32.1. The summed E-state index contributed by atoms with van der Waals surface area (Å²) < 4.78 is 5.20. The Morgan fingerprint density at radius 2 is 2.00 bits per heavy atom. The van der Waals surface area contributed by atoms with E-state index in [0.717, 1.165) is 17.8 Å². The van der Waals surface area contributed by atoms with Gasteiger partial charge in [0.2, 0.25) is 0 Å². The molecule has 17 heavy (non-hydrogen) atoms. The van der Waals surface area contributed by atoms with Gasteiger partial charge in [-0.05, 0) is 24.3 Å². The SMILES string of the molecule is CN(CCOCCO)c1ccc(C(N)=S)cc1. The van der Waals surface area contributed by atoms with Gasteiger partial charge in [0, 0.05) is 24.8 Å². The number of thiocarbonyl (C=S) groups is 1. The number of aliphatic hydroxyl groups is 1. The zero-order valence-electron chi connectivity index (χ0n) is 9.93. The maximum atomic E-state index is 8.57. The summed E-state index contributed by atoms with van der Waals surface area (Å²) in [6.07, 6.45) is 0. The third-order valence-corrected chi connectivity index (χ3v) is 2.63. The minimum absolute atomic E-state index is 0.0619. The molecule has 0 heterocycles. The molecule has 0 bridgehead atoms. The molecule has 4 nitrogen and oxygen atoms in total. The molecule has 0 saturated carbocycles. The molecule has 0 aliphatic carbocycles. The lowest BCUT2D eigenvalue weighted by atomic mass is 10.2. The van der Waals surface area contributed by atoms with Crippen LogP contribution in [0.1, 0.15) is 5.56 Å². The number of nitrogens with zero attached hydrogens (tertiary/aromatic N) is 1. The number of nitrogens with two attached hydrogens (primary N) is 1. The molecule has 0 aliphatic rings. The van der Waals surface area contributed by atoms with E-state index in [4.69, 9.17) is 27.8 Å². The molecule has 1 rings (SSSR count). The average molecular weight is 254 g/mol. The monoisotopic (exact) mass is 254 g/mol. The maximum Gasteiger partial charge on any atom is 0.103 e. The van der Waals surface area contributed by atoms with Gasteiger partial charge < -0.3 is 20.5 Å². The van der Waals surface area contributed by atoms with E-state index in [-0.39, 0.29) is 6.61 Å². The predicted molar refractivity (Wildman–Crippen MR) is 73.5 cm³/mol. The fourth-order valence-corrected chi connectivity index (χ4v) is 1.51. The van der Waals surface area contributed by atoms with Crippen LogP contribution in [0.3, 0.4) is 0 Å². The van der Waals surface area contributed by atoms with Gasteiger partial charge in [0.1, 0.15) is 4.99 Å². The van der Waals surface area contributed by atoms with E-state index in [2.05, 4.69) is 4.90 Å². The van der Waals surface area contributed by atoms with Crippen LogP contribution in [0.25, 0.3) is 0 Å². The molecule has 0 fully saturated rings. The Morgan fingerprint density at radius 1 is 1.35 bits per heavy atom. The van der Waals surface area contributed by atoms with Gasteiger partial charge in [0.05, 0.1) is 19.8 Å². The molecule has 0 saturated heterocycles. The summed E-state index contributed by atoms with van der Waals surface area (Å²) >= 11 is 4.89. The molecular weight excluding hydrogens is 236 g/mol. The van der Waals surface area contributed by atoms with Gasteiger partial charge >= 0.3 is 0 Å². The van der Waals surface area contributed by atoms with Crippen molar-refractivity contribution >= 4 is 22.9 Å². The molecule has 3 N–H and O–H groups in total. The van der Waals surface area contributed by atoms with Crippen LogP contribution in [-0.2, 0) is 4.74 Å². The standard InChI is InChI=1S/C12H18N2O2S/c1-14(6-8-16-9-7-15)11-4-2-10(3-5-11)12(13)17/h2-5,15H,6-9H2,1H3,(H2,13,17). The molecule has 1 aromatic rings. The van der Waals surface area contributed by atoms with Crippen LogP contribution >= 0.6 is 12.2 Å². The Bertz CT molecular complexity index is 354. The van der Waals surface area contributed by atoms with Crippen molar-refractivity contribution < 1.29 is 9.84 Å². The fraction of sp³-hybridized carbons (Fsp3) is 0.417. The summed E-state index contributed by atoms with van der Waals surface area (Å²) in [6, 6.07) is 7.76. The molecule has 5 heteroatoms. The van der Waals surface area contributed by atoms with Crippen LogP contribution in [0, 0.1) is 0 Å². The van der Waals surface area contributed by atoms with Gasteiger partial charge in [-0.1, -0.05) is 12.2 Å². The van der Waals surface area contributed by atoms with Crippen molar-refractivity contribution in [3.05, 3.63) is 29.8 Å². The zero-order valence-corrected chi connectivity index (χ0v) is 10.7. The Balaban J connectivity index is 2.46. The third kappa shape index (κ3) is 4.68. The topological polar surface area (TPSA) is 58.7 Å². The number of likely N-dealkylation sites (N-methyl/N-ethyl adjacent to an activating group) is 1. The number of ether oxygens (including phenoxy) is 1. The molecular formula is C12H18N2O2S. The summed E-state index contributed by atoms with van der Waals surface area (Å²) in [4.78, 5) is 2.48. The van der Waals surface area contributed by atoms with Crippen LogP contribution in [0.5, 0.6) is 0 Å². The second-order valence-electron chi connectivity index (χ2n) is 3.67. The Kier molecular flexibility index (Phi) is 5.90. The summed E-state index contributed by atoms with van der Waals surface area (Å²) in [5.41, 5.74) is 7.48. The molecule has 0 atom stereocenters. The fourth-order valence-electron chi connectivity index (χ4n) is 1.38. The van der Waals surface area contributed by atoms with E-state index < -0.39 is 0 Å². The van der Waals surface area contributed by atoms with Crippen molar-refractivity contribution in [3.63, 3.8) is 0 Å². The summed E-state index contributed by atoms with van der Waals surface area (Å²) in [7, 11) is 1.98. The molecule has 0 unspecified atom stereocenters. The van der Waals surface area contributed by atoms with Gasteiger partial charge in [-0.2, -0.15) is 0 Å². The smallest absolute Gasteiger partial charge is 0.103 e. The average Bonchev–Trinajstić information content (AvgIpc) is 2.34. The van der Waals surface area contributed by atoms with Crippen molar-refractivity contribution in [2.75, 3.05) is 38.3 Å². The quantitative estimate of drug-likeness (QED) is 0.556. The van der Waals surface area contributed by atoms with Crippen molar-refractivity contribution in [1.29, 1.82) is 0 Å². The number of benzene rings is 1. The second-order valence-corrected chi connectivity index (χ2v) is 4.11. The van der Waals surface area contributed by atoms with E-state index in [9.17, 15) is 0 Å². The summed E-state index contributed by atoms with van der Waals surface area (Å²) in [5.74, 6) is 0. The normalized spacial score (nSPS) is 10.2. The Morgan fingerprint density at radius 3 is 2.53 bits per heavy atom. The summed E-state index contributed by atoms with van der Waals surface area (Å²) in [5, 5.41) is 8.57. The second kappa shape index (κ2) is 7.21. The zero-order chi connectivity index (χ0) is 12.7. The molecule has 0 radical (unpaired) electrons. The maximum absolute atomic E-state index is 8.57. The molecule has 94 valence electrons. The lowest BCUT2D eigenvalue weighted by Gasteiger charge is -2.19. The van der Waals surface area contributed by atoms with Crippen molar-refractivity contribution in [2.24, 2.45) is 5.73 Å². The van der Waals surface area contributed by atoms with Gasteiger partial charge in [0.25, 0.3) is 0 Å². The van der Waals surface area contributed by atoms with Gasteiger partial charge in [-0.25, -0.2) is 0 Å². The number of hydrogen-bond donors (Lipinski definition) is 2. The van der Waals surface area contributed by atoms with E-state index in [1.54, 1.807) is 0 Å². The first-order chi connectivity index (χ1) is 8.15. The third-order valence-electron chi connectivity index (χ3n) is 2.40. The molecule has 1 aromatic carbocycles. The van der Waals surface area contributed by atoms with Crippen LogP contribution in [0.15, 0.2) is 24.3 Å². The lowest BCUT2D eigenvalue weighted by molar-refractivity contribution is 0.0971. The number of anilines is 1. The van der Waals surface area contributed by atoms with Crippen molar-refractivity contribution in [3.8, 4) is 0 Å². The van der Waals surface area contributed by atoms with E-state index in [1.807, 2.05) is 31.3 Å². The van der Waals surface area contributed by atoms with E-state index in [1.165, 1.54) is 0 Å². The van der Waals surface area contributed by atoms with E-state index >= 15 is 0 Å². The first kappa shape index (κ1) is 13.9. The van der Waals surface area contributed by atoms with Crippen LogP contribution in [-0.4, -0.2) is 43.5 Å². The molecule has 0 aliphatic heterocycles. The first-order valence-corrected chi connectivity index (χ1v) is 5.85. The van der Waals surface area contributed by atoms with E-state index in [0.29, 0.717) is 18.2 Å². The van der Waals surface area contributed by atoms with Crippen molar-refractivity contribution in [2.45, 2.75) is 0 Å². The first-order valence-electron chi connectivity index (χ1n) is 5.44. The van der Waals surface area contributed by atoms with Crippen LogP contribution in [0.4, 0.5) is 5.69 Å². The minimum atomic E-state index is 0.0619. The Hall–Kier alpha value is -1.17. The number of rotatable bonds is 7. The minimum Gasteiger partial charge on any atom is -0.394 e. The van der Waals surface area contributed by atoms with Gasteiger partial charge in [-0.15, -0.1) is 0 Å². The summed E-state index contributed by atoms with van der Waals surface area (Å²) in [6.45, 7) is 1.81.